The van der Waals surface area contributed by atoms with Crippen molar-refractivity contribution in [1.82, 2.24) is 14.5 Å². The van der Waals surface area contributed by atoms with E-state index in [0.717, 1.165) is 0 Å². The van der Waals surface area contributed by atoms with Crippen molar-refractivity contribution in [3.63, 3.8) is 0 Å². The quantitative estimate of drug-likeness (QED) is 0.489. The highest BCUT2D eigenvalue weighted by molar-refractivity contribution is 6.00. The lowest BCUT2D eigenvalue weighted by molar-refractivity contribution is 0.0303. The zero-order chi connectivity index (χ0) is 24.4. The SMILES string of the molecule is Cc1c(C(N)=O)cccc1-c1cn(C)c(=O)c(Nc2ccc(C(=O)N3CCOCC3)c(N)c2)n1. The molecule has 1 saturated heterocycles. The van der Waals surface area contributed by atoms with E-state index in [9.17, 15) is 14.4 Å². The summed E-state index contributed by atoms with van der Waals surface area (Å²) < 4.78 is 6.70. The first-order valence-electron chi connectivity index (χ1n) is 10.8. The van der Waals surface area contributed by atoms with Crippen LogP contribution in [0.4, 0.5) is 17.2 Å². The number of carbonyl (C=O) groups is 2. The van der Waals surface area contributed by atoms with Gasteiger partial charge in [0, 0.05) is 48.8 Å². The second-order valence-electron chi connectivity index (χ2n) is 8.06. The van der Waals surface area contributed by atoms with Crippen LogP contribution >= 0.6 is 0 Å². The monoisotopic (exact) mass is 462 g/mol. The third kappa shape index (κ3) is 4.48. The van der Waals surface area contributed by atoms with E-state index in [1.165, 1.54) is 4.57 Å². The number of nitrogens with zero attached hydrogens (tertiary/aromatic N) is 3. The first kappa shape index (κ1) is 23.0. The minimum Gasteiger partial charge on any atom is -0.398 e. The Balaban J connectivity index is 1.65. The van der Waals surface area contributed by atoms with E-state index in [1.54, 1.807) is 55.4 Å². The summed E-state index contributed by atoms with van der Waals surface area (Å²) in [5.74, 6) is -0.617. The summed E-state index contributed by atoms with van der Waals surface area (Å²) in [5, 5.41) is 3.01. The average molecular weight is 463 g/mol. The molecule has 0 atom stereocenters. The van der Waals surface area contributed by atoms with Gasteiger partial charge in [0.1, 0.15) is 0 Å². The molecule has 0 aliphatic carbocycles. The number of amides is 2. The summed E-state index contributed by atoms with van der Waals surface area (Å²) in [6, 6.07) is 10.1. The standard InChI is InChI=1S/C24H26N6O4/c1-14-16(4-3-5-17(14)21(26)31)20-13-29(2)24(33)22(28-20)27-15-6-7-18(19(25)12-15)23(32)30-8-10-34-11-9-30/h3-7,12-13H,8-11,25H2,1-2H3,(H2,26,31)(H,27,28). The number of nitrogens with one attached hydrogen (secondary N) is 1. The molecule has 2 heterocycles. The summed E-state index contributed by atoms with van der Waals surface area (Å²) in [5.41, 5.74) is 14.7. The zero-order valence-electron chi connectivity index (χ0n) is 19.0. The number of nitrogen functional groups attached to an aromatic ring is 1. The molecule has 0 radical (unpaired) electrons. The van der Waals surface area contributed by atoms with Crippen LogP contribution in [-0.2, 0) is 11.8 Å². The van der Waals surface area contributed by atoms with Crippen LogP contribution in [0.25, 0.3) is 11.3 Å². The molecular weight excluding hydrogens is 436 g/mol. The van der Waals surface area contributed by atoms with Gasteiger partial charge in [0.05, 0.1) is 24.5 Å². The number of rotatable bonds is 5. The van der Waals surface area contributed by atoms with Crippen molar-refractivity contribution in [3.05, 3.63) is 69.6 Å². The van der Waals surface area contributed by atoms with E-state index in [0.29, 0.717) is 65.6 Å². The Bertz CT molecular complexity index is 1330. The summed E-state index contributed by atoms with van der Waals surface area (Å²) >= 11 is 0. The Morgan fingerprint density at radius 2 is 1.85 bits per heavy atom. The fraction of sp³-hybridized carbons (Fsp3) is 0.250. The lowest BCUT2D eigenvalue weighted by atomic mass is 10.00. The Morgan fingerprint density at radius 1 is 1.12 bits per heavy atom. The van der Waals surface area contributed by atoms with Crippen LogP contribution in [0.15, 0.2) is 47.4 Å². The summed E-state index contributed by atoms with van der Waals surface area (Å²) in [7, 11) is 1.62. The van der Waals surface area contributed by atoms with Crippen LogP contribution in [0.1, 0.15) is 26.3 Å². The van der Waals surface area contributed by atoms with Crippen LogP contribution in [0.2, 0.25) is 0 Å². The lowest BCUT2D eigenvalue weighted by Gasteiger charge is -2.27. The molecular formula is C24H26N6O4. The summed E-state index contributed by atoms with van der Waals surface area (Å²) in [4.78, 5) is 43.4. The van der Waals surface area contributed by atoms with Crippen molar-refractivity contribution in [2.75, 3.05) is 37.4 Å². The van der Waals surface area contributed by atoms with Crippen LogP contribution in [0, 0.1) is 6.92 Å². The predicted octanol–water partition coefficient (Wildman–Crippen LogP) is 1.65. The Hall–Kier alpha value is -4.18. The van der Waals surface area contributed by atoms with Gasteiger partial charge in [-0.2, -0.15) is 0 Å². The fourth-order valence-corrected chi connectivity index (χ4v) is 3.91. The maximum atomic E-state index is 12.8. The number of anilines is 3. The molecule has 1 aliphatic rings. The van der Waals surface area contributed by atoms with Crippen LogP contribution in [0.5, 0.6) is 0 Å². The zero-order valence-corrected chi connectivity index (χ0v) is 19.0. The maximum Gasteiger partial charge on any atom is 0.293 e. The predicted molar refractivity (Wildman–Crippen MR) is 129 cm³/mol. The van der Waals surface area contributed by atoms with Gasteiger partial charge < -0.3 is 31.0 Å². The van der Waals surface area contributed by atoms with E-state index in [-0.39, 0.29) is 17.3 Å². The minimum atomic E-state index is -0.537. The number of carbonyl (C=O) groups excluding carboxylic acids is 2. The molecule has 0 spiro atoms. The molecule has 1 aromatic heterocycles. The number of benzene rings is 2. The molecule has 10 heteroatoms. The average Bonchev–Trinajstić information content (AvgIpc) is 2.82. The fourth-order valence-electron chi connectivity index (χ4n) is 3.91. The third-order valence-electron chi connectivity index (χ3n) is 5.79. The van der Waals surface area contributed by atoms with Crippen LogP contribution in [0.3, 0.4) is 0 Å². The molecule has 4 rings (SSSR count). The van der Waals surface area contributed by atoms with Gasteiger partial charge in [0.2, 0.25) is 5.91 Å². The van der Waals surface area contributed by atoms with E-state index < -0.39 is 5.91 Å². The maximum absolute atomic E-state index is 12.8. The number of primary amides is 1. The summed E-state index contributed by atoms with van der Waals surface area (Å²) in [6.07, 6.45) is 1.60. The van der Waals surface area contributed by atoms with Crippen molar-refractivity contribution in [2.24, 2.45) is 12.8 Å². The van der Waals surface area contributed by atoms with E-state index in [4.69, 9.17) is 16.2 Å². The van der Waals surface area contributed by atoms with Crippen LogP contribution < -0.4 is 22.3 Å². The number of ether oxygens (including phenoxy) is 1. The molecule has 5 N–H and O–H groups in total. The van der Waals surface area contributed by atoms with Gasteiger partial charge in [0.25, 0.3) is 11.5 Å². The Labute approximate surface area is 196 Å². The highest BCUT2D eigenvalue weighted by Gasteiger charge is 2.21. The molecule has 2 amide bonds. The largest absolute Gasteiger partial charge is 0.398 e. The van der Waals surface area contributed by atoms with Gasteiger partial charge in [-0.3, -0.25) is 14.4 Å². The molecule has 1 aliphatic heterocycles. The first-order chi connectivity index (χ1) is 16.3. The van der Waals surface area contributed by atoms with Crippen molar-refractivity contribution in [1.29, 1.82) is 0 Å². The second kappa shape index (κ2) is 9.36. The molecule has 0 bridgehead atoms. The number of hydrogen-bond acceptors (Lipinski definition) is 7. The number of aryl methyl sites for hydroxylation is 1. The van der Waals surface area contributed by atoms with E-state index >= 15 is 0 Å². The molecule has 2 aromatic carbocycles. The first-order valence-corrected chi connectivity index (χ1v) is 10.8. The highest BCUT2D eigenvalue weighted by atomic mass is 16.5. The third-order valence-corrected chi connectivity index (χ3v) is 5.79. The number of morpholine rings is 1. The highest BCUT2D eigenvalue weighted by Crippen LogP contribution is 2.26. The van der Waals surface area contributed by atoms with Crippen molar-refractivity contribution < 1.29 is 14.3 Å². The number of hydrogen-bond donors (Lipinski definition) is 3. The van der Waals surface area contributed by atoms with E-state index in [2.05, 4.69) is 10.3 Å². The Morgan fingerprint density at radius 3 is 2.53 bits per heavy atom. The minimum absolute atomic E-state index is 0.0792. The van der Waals surface area contributed by atoms with Gasteiger partial charge >= 0.3 is 0 Å². The molecule has 0 saturated carbocycles. The van der Waals surface area contributed by atoms with Crippen molar-refractivity contribution in [3.8, 4) is 11.3 Å². The number of nitrogens with two attached hydrogens (primary N) is 2. The van der Waals surface area contributed by atoms with Gasteiger partial charge in [-0.25, -0.2) is 4.98 Å². The van der Waals surface area contributed by atoms with Gasteiger partial charge in [-0.15, -0.1) is 0 Å². The van der Waals surface area contributed by atoms with Gasteiger partial charge in [-0.05, 0) is 36.8 Å². The molecule has 1 fully saturated rings. The molecule has 3 aromatic rings. The van der Waals surface area contributed by atoms with Crippen LogP contribution in [-0.4, -0.2) is 52.6 Å². The van der Waals surface area contributed by atoms with E-state index in [1.807, 2.05) is 6.07 Å². The number of aromatic nitrogens is 2. The van der Waals surface area contributed by atoms with Crippen molar-refractivity contribution in [2.45, 2.75) is 6.92 Å². The van der Waals surface area contributed by atoms with Gasteiger partial charge in [0.15, 0.2) is 5.82 Å². The molecule has 0 unspecified atom stereocenters. The smallest absolute Gasteiger partial charge is 0.293 e. The van der Waals surface area contributed by atoms with Gasteiger partial charge in [-0.1, -0.05) is 12.1 Å². The topological polar surface area (TPSA) is 146 Å². The molecule has 34 heavy (non-hydrogen) atoms. The second-order valence-corrected chi connectivity index (χ2v) is 8.06. The molecule has 176 valence electrons. The Kier molecular flexibility index (Phi) is 6.33. The normalized spacial score (nSPS) is 13.5. The van der Waals surface area contributed by atoms with Crippen molar-refractivity contribution >= 4 is 29.0 Å². The summed E-state index contributed by atoms with van der Waals surface area (Å²) in [6.45, 7) is 3.81. The molecule has 10 nitrogen and oxygen atoms in total. The lowest BCUT2D eigenvalue weighted by Crippen LogP contribution is -2.40.